The number of thioether (sulfide) groups is 1. The number of rotatable bonds is 8. The minimum Gasteiger partial charge on any atom is -0.357 e. The van der Waals surface area contributed by atoms with Crippen LogP contribution < -0.4 is 5.32 Å². The van der Waals surface area contributed by atoms with Crippen LogP contribution in [0.15, 0.2) is 42.5 Å². The molecule has 2 rings (SSSR count). The van der Waals surface area contributed by atoms with Gasteiger partial charge in [0.25, 0.3) is 0 Å². The molecule has 2 aromatic rings. The molecule has 1 unspecified atom stereocenters. The number of aryl methyl sites for hydroxylation is 1. The van der Waals surface area contributed by atoms with Crippen molar-refractivity contribution in [2.45, 2.75) is 32.2 Å². The molecule has 0 aromatic heterocycles. The Morgan fingerprint density at radius 2 is 1.86 bits per heavy atom. The SMILES string of the molecule is CNC(=O)C(C)N(Cc1ccccc1C)C(=O)CSCc1ccc(Cl)c(Cl)c1. The molecule has 0 aliphatic carbocycles. The predicted octanol–water partition coefficient (Wildman–Crippen LogP) is 4.70. The molecule has 0 aliphatic heterocycles. The van der Waals surface area contributed by atoms with Crippen LogP contribution in [0.5, 0.6) is 0 Å². The van der Waals surface area contributed by atoms with Crippen molar-refractivity contribution in [3.05, 3.63) is 69.2 Å². The molecule has 150 valence electrons. The molecular weight excluding hydrogens is 415 g/mol. The zero-order chi connectivity index (χ0) is 20.7. The van der Waals surface area contributed by atoms with Crippen molar-refractivity contribution in [2.24, 2.45) is 0 Å². The van der Waals surface area contributed by atoms with Gasteiger partial charge in [0.2, 0.25) is 11.8 Å². The number of hydrogen-bond donors (Lipinski definition) is 1. The van der Waals surface area contributed by atoms with Crippen LogP contribution in [0.4, 0.5) is 0 Å². The average molecular weight is 439 g/mol. The Morgan fingerprint density at radius 1 is 1.14 bits per heavy atom. The summed E-state index contributed by atoms with van der Waals surface area (Å²) in [7, 11) is 1.58. The molecule has 0 fully saturated rings. The van der Waals surface area contributed by atoms with Gasteiger partial charge in [-0.15, -0.1) is 11.8 Å². The maximum Gasteiger partial charge on any atom is 0.242 e. The van der Waals surface area contributed by atoms with E-state index < -0.39 is 6.04 Å². The minimum absolute atomic E-state index is 0.0792. The van der Waals surface area contributed by atoms with Gasteiger partial charge in [0.05, 0.1) is 15.8 Å². The Bertz CT molecular complexity index is 845. The summed E-state index contributed by atoms with van der Waals surface area (Å²) in [6.45, 7) is 4.15. The molecule has 0 aliphatic rings. The second-order valence-electron chi connectivity index (χ2n) is 6.48. The van der Waals surface area contributed by atoms with Crippen LogP contribution >= 0.6 is 35.0 Å². The Morgan fingerprint density at radius 3 is 2.50 bits per heavy atom. The monoisotopic (exact) mass is 438 g/mol. The topological polar surface area (TPSA) is 49.4 Å². The molecule has 4 nitrogen and oxygen atoms in total. The molecule has 0 saturated carbocycles. The lowest BCUT2D eigenvalue weighted by atomic mass is 10.1. The number of benzene rings is 2. The summed E-state index contributed by atoms with van der Waals surface area (Å²) in [5, 5.41) is 3.64. The van der Waals surface area contributed by atoms with Gasteiger partial charge in [-0.25, -0.2) is 0 Å². The van der Waals surface area contributed by atoms with Crippen molar-refractivity contribution in [1.29, 1.82) is 0 Å². The quantitative estimate of drug-likeness (QED) is 0.649. The maximum absolute atomic E-state index is 12.9. The zero-order valence-corrected chi connectivity index (χ0v) is 18.5. The van der Waals surface area contributed by atoms with E-state index >= 15 is 0 Å². The largest absolute Gasteiger partial charge is 0.357 e. The van der Waals surface area contributed by atoms with Crippen LogP contribution in [0.1, 0.15) is 23.6 Å². The molecule has 1 N–H and O–H groups in total. The fraction of sp³-hybridized carbons (Fsp3) is 0.333. The number of nitrogens with zero attached hydrogens (tertiary/aromatic N) is 1. The van der Waals surface area contributed by atoms with Gasteiger partial charge >= 0.3 is 0 Å². The lowest BCUT2D eigenvalue weighted by Gasteiger charge is -2.29. The van der Waals surface area contributed by atoms with Gasteiger partial charge in [0, 0.05) is 19.3 Å². The molecule has 0 heterocycles. The van der Waals surface area contributed by atoms with E-state index in [2.05, 4.69) is 5.32 Å². The molecular formula is C21H24Cl2N2O2S. The minimum atomic E-state index is -0.553. The van der Waals surface area contributed by atoms with E-state index in [1.165, 1.54) is 11.8 Å². The maximum atomic E-state index is 12.9. The van der Waals surface area contributed by atoms with Gasteiger partial charge in [0.15, 0.2) is 0 Å². The van der Waals surface area contributed by atoms with Crippen LogP contribution in [0.25, 0.3) is 0 Å². The fourth-order valence-corrected chi connectivity index (χ4v) is 3.91. The molecule has 0 radical (unpaired) electrons. The average Bonchev–Trinajstić information content (AvgIpc) is 2.68. The highest BCUT2D eigenvalue weighted by atomic mass is 35.5. The number of nitrogens with one attached hydrogen (secondary N) is 1. The number of likely N-dealkylation sites (N-methyl/N-ethyl adjacent to an activating group) is 1. The van der Waals surface area contributed by atoms with E-state index in [0.29, 0.717) is 22.3 Å². The first-order valence-electron chi connectivity index (χ1n) is 8.90. The first-order chi connectivity index (χ1) is 13.3. The van der Waals surface area contributed by atoms with E-state index in [4.69, 9.17) is 23.2 Å². The van der Waals surface area contributed by atoms with E-state index in [0.717, 1.165) is 16.7 Å². The highest BCUT2D eigenvalue weighted by Gasteiger charge is 2.25. The number of carbonyl (C=O) groups is 2. The number of amides is 2. The van der Waals surface area contributed by atoms with Crippen molar-refractivity contribution >= 4 is 46.8 Å². The van der Waals surface area contributed by atoms with Gasteiger partial charge in [-0.3, -0.25) is 9.59 Å². The number of carbonyl (C=O) groups excluding carboxylic acids is 2. The molecule has 0 saturated heterocycles. The highest BCUT2D eigenvalue weighted by Crippen LogP contribution is 2.25. The van der Waals surface area contributed by atoms with Crippen molar-refractivity contribution in [1.82, 2.24) is 10.2 Å². The smallest absolute Gasteiger partial charge is 0.242 e. The summed E-state index contributed by atoms with van der Waals surface area (Å²) < 4.78 is 0. The van der Waals surface area contributed by atoms with Crippen molar-refractivity contribution in [3.63, 3.8) is 0 Å². The first kappa shape index (κ1) is 22.6. The molecule has 7 heteroatoms. The zero-order valence-electron chi connectivity index (χ0n) is 16.2. The standard InChI is InChI=1S/C21H24Cl2N2O2S/c1-14-6-4-5-7-17(14)11-25(15(2)21(27)24-3)20(26)13-28-12-16-8-9-18(22)19(23)10-16/h4-10,15H,11-13H2,1-3H3,(H,24,27). The molecule has 0 bridgehead atoms. The van der Waals surface area contributed by atoms with Gasteiger partial charge in [-0.2, -0.15) is 0 Å². The van der Waals surface area contributed by atoms with Gasteiger partial charge in [-0.1, -0.05) is 53.5 Å². The third kappa shape index (κ3) is 6.16. The highest BCUT2D eigenvalue weighted by molar-refractivity contribution is 7.99. The van der Waals surface area contributed by atoms with E-state index in [1.54, 1.807) is 31.0 Å². The Labute approximate surface area is 180 Å². The van der Waals surface area contributed by atoms with Gasteiger partial charge in [-0.05, 0) is 42.7 Å². The van der Waals surface area contributed by atoms with E-state index in [-0.39, 0.29) is 17.6 Å². The van der Waals surface area contributed by atoms with Crippen molar-refractivity contribution in [2.75, 3.05) is 12.8 Å². The Balaban J connectivity index is 2.06. The Kier molecular flexibility index (Phi) is 8.67. The Hall–Kier alpha value is -1.69. The molecule has 28 heavy (non-hydrogen) atoms. The van der Waals surface area contributed by atoms with Crippen LogP contribution in [0.2, 0.25) is 10.0 Å². The summed E-state index contributed by atoms with van der Waals surface area (Å²) in [4.78, 5) is 26.7. The number of halogens is 2. The summed E-state index contributed by atoms with van der Waals surface area (Å²) in [5.74, 6) is 0.642. The predicted molar refractivity (Wildman–Crippen MR) is 118 cm³/mol. The van der Waals surface area contributed by atoms with Gasteiger partial charge in [0.1, 0.15) is 6.04 Å². The van der Waals surface area contributed by atoms with Crippen LogP contribution in [-0.2, 0) is 21.9 Å². The second-order valence-corrected chi connectivity index (χ2v) is 8.28. The summed E-state index contributed by atoms with van der Waals surface area (Å²) in [6.07, 6.45) is 0. The molecule has 0 spiro atoms. The van der Waals surface area contributed by atoms with E-state index in [9.17, 15) is 9.59 Å². The third-order valence-electron chi connectivity index (χ3n) is 4.49. The molecule has 2 amide bonds. The lowest BCUT2D eigenvalue weighted by Crippen LogP contribution is -2.47. The number of hydrogen-bond acceptors (Lipinski definition) is 3. The summed E-state index contributed by atoms with van der Waals surface area (Å²) in [6, 6.07) is 12.8. The van der Waals surface area contributed by atoms with Gasteiger partial charge < -0.3 is 10.2 Å². The molecule has 1 atom stereocenters. The van der Waals surface area contributed by atoms with E-state index in [1.807, 2.05) is 37.3 Å². The van der Waals surface area contributed by atoms with Crippen LogP contribution in [-0.4, -0.2) is 35.6 Å². The first-order valence-corrected chi connectivity index (χ1v) is 10.8. The third-order valence-corrected chi connectivity index (χ3v) is 6.22. The van der Waals surface area contributed by atoms with Crippen molar-refractivity contribution in [3.8, 4) is 0 Å². The molecule has 2 aromatic carbocycles. The second kappa shape index (κ2) is 10.7. The lowest BCUT2D eigenvalue weighted by molar-refractivity contribution is -0.138. The summed E-state index contributed by atoms with van der Waals surface area (Å²) in [5.41, 5.74) is 3.12. The van der Waals surface area contributed by atoms with Crippen LogP contribution in [0, 0.1) is 6.92 Å². The van der Waals surface area contributed by atoms with Crippen molar-refractivity contribution < 1.29 is 9.59 Å². The summed E-state index contributed by atoms with van der Waals surface area (Å²) >= 11 is 13.5. The van der Waals surface area contributed by atoms with Crippen LogP contribution in [0.3, 0.4) is 0 Å². The normalized spacial score (nSPS) is 11.8. The fourth-order valence-electron chi connectivity index (χ4n) is 2.73.